The van der Waals surface area contributed by atoms with E-state index in [2.05, 4.69) is 10.4 Å². The molecule has 0 unspecified atom stereocenters. The largest absolute Gasteiger partial charge is 0.481 e. The van der Waals surface area contributed by atoms with Gasteiger partial charge in [0.05, 0.1) is 25.6 Å². The van der Waals surface area contributed by atoms with Crippen molar-refractivity contribution in [3.8, 4) is 0 Å². The number of carbonyl (C=O) groups excluding carboxylic acids is 2. The standard InChI is InChI=1S/C15H17N3O5S/c1-3-9-8-10(15(22)23-2)14(24-9)16-13(21)11-4-6-18(17-11)7-5-12(19)20/h4,6,8H,3,5,7H2,1-2H3,(H,16,21)(H,19,20). The van der Waals surface area contributed by atoms with Gasteiger partial charge in [0.15, 0.2) is 5.69 Å². The van der Waals surface area contributed by atoms with E-state index in [4.69, 9.17) is 9.84 Å². The van der Waals surface area contributed by atoms with E-state index in [0.29, 0.717) is 10.6 Å². The number of hydrogen-bond acceptors (Lipinski definition) is 6. The monoisotopic (exact) mass is 351 g/mol. The maximum Gasteiger partial charge on any atom is 0.340 e. The Balaban J connectivity index is 2.13. The van der Waals surface area contributed by atoms with Crippen LogP contribution < -0.4 is 5.32 Å². The zero-order valence-corrected chi connectivity index (χ0v) is 14.1. The van der Waals surface area contributed by atoms with Crippen molar-refractivity contribution in [2.24, 2.45) is 0 Å². The summed E-state index contributed by atoms with van der Waals surface area (Å²) in [6, 6.07) is 3.18. The molecule has 0 radical (unpaired) electrons. The summed E-state index contributed by atoms with van der Waals surface area (Å²) in [5.74, 6) is -1.93. The molecule has 2 aromatic rings. The fraction of sp³-hybridized carbons (Fsp3) is 0.333. The number of carboxylic acid groups (broad SMARTS) is 1. The van der Waals surface area contributed by atoms with Gasteiger partial charge in [0.25, 0.3) is 5.91 Å². The van der Waals surface area contributed by atoms with Crippen LogP contribution in [0.5, 0.6) is 0 Å². The molecule has 2 N–H and O–H groups in total. The van der Waals surface area contributed by atoms with Crippen LogP contribution in [0.4, 0.5) is 5.00 Å². The Morgan fingerprint density at radius 3 is 2.79 bits per heavy atom. The van der Waals surface area contributed by atoms with Gasteiger partial charge in [-0.3, -0.25) is 14.3 Å². The number of thiophene rings is 1. The SMILES string of the molecule is CCc1cc(C(=O)OC)c(NC(=O)c2ccn(CCC(=O)O)n2)s1. The average molecular weight is 351 g/mol. The minimum atomic E-state index is -0.940. The molecule has 0 bridgehead atoms. The number of nitrogens with one attached hydrogen (secondary N) is 1. The van der Waals surface area contributed by atoms with Crippen LogP contribution in [-0.4, -0.2) is 39.8 Å². The summed E-state index contributed by atoms with van der Waals surface area (Å²) >= 11 is 1.30. The highest BCUT2D eigenvalue weighted by molar-refractivity contribution is 7.16. The van der Waals surface area contributed by atoms with Gasteiger partial charge < -0.3 is 15.2 Å². The highest BCUT2D eigenvalue weighted by atomic mass is 32.1. The third-order valence-electron chi connectivity index (χ3n) is 3.19. The van der Waals surface area contributed by atoms with Gasteiger partial charge in [-0.2, -0.15) is 5.10 Å². The van der Waals surface area contributed by atoms with Gasteiger partial charge in [0.1, 0.15) is 5.00 Å². The molecule has 8 nitrogen and oxygen atoms in total. The van der Waals surface area contributed by atoms with E-state index in [1.807, 2.05) is 6.92 Å². The number of amides is 1. The number of hydrogen-bond donors (Lipinski definition) is 2. The molecule has 9 heteroatoms. The second kappa shape index (κ2) is 7.73. The summed E-state index contributed by atoms with van der Waals surface area (Å²) in [7, 11) is 1.28. The quantitative estimate of drug-likeness (QED) is 0.738. The van der Waals surface area contributed by atoms with Crippen LogP contribution in [0.1, 0.15) is 39.1 Å². The Kier molecular flexibility index (Phi) is 5.69. The molecule has 0 aliphatic heterocycles. The van der Waals surface area contributed by atoms with Crippen LogP contribution in [0, 0.1) is 0 Å². The normalized spacial score (nSPS) is 10.4. The number of aryl methyl sites for hydroxylation is 2. The number of nitrogens with zero attached hydrogens (tertiary/aromatic N) is 2. The van der Waals surface area contributed by atoms with Crippen molar-refractivity contribution in [3.63, 3.8) is 0 Å². The minimum absolute atomic E-state index is 0.0833. The molecule has 0 spiro atoms. The first-order valence-electron chi connectivity index (χ1n) is 7.22. The third-order valence-corrected chi connectivity index (χ3v) is 4.39. The van der Waals surface area contributed by atoms with E-state index in [1.165, 1.54) is 35.4 Å². The fourth-order valence-corrected chi connectivity index (χ4v) is 2.93. The third kappa shape index (κ3) is 4.19. The Morgan fingerprint density at radius 2 is 2.17 bits per heavy atom. The maximum absolute atomic E-state index is 12.3. The topological polar surface area (TPSA) is 111 Å². The number of aliphatic carboxylic acids is 1. The number of methoxy groups -OCH3 is 1. The molecule has 0 aliphatic carbocycles. The average Bonchev–Trinajstić information content (AvgIpc) is 3.19. The number of rotatable bonds is 7. The molecule has 2 rings (SSSR count). The lowest BCUT2D eigenvalue weighted by molar-refractivity contribution is -0.137. The molecule has 0 saturated heterocycles. The van der Waals surface area contributed by atoms with Crippen LogP contribution in [0.2, 0.25) is 0 Å². The predicted octanol–water partition coefficient (Wildman–Crippen LogP) is 2.02. The highest BCUT2D eigenvalue weighted by Gasteiger charge is 2.19. The van der Waals surface area contributed by atoms with Crippen molar-refractivity contribution in [3.05, 3.63) is 34.5 Å². The molecule has 2 aromatic heterocycles. The molecular formula is C15H17N3O5S. The van der Waals surface area contributed by atoms with Crippen LogP contribution in [0.3, 0.4) is 0 Å². The zero-order chi connectivity index (χ0) is 17.7. The Labute approximate surface area is 142 Å². The first kappa shape index (κ1) is 17.7. The molecule has 0 atom stereocenters. The summed E-state index contributed by atoms with van der Waals surface area (Å²) in [6.45, 7) is 2.12. The van der Waals surface area contributed by atoms with E-state index in [9.17, 15) is 14.4 Å². The van der Waals surface area contributed by atoms with Crippen molar-refractivity contribution in [2.45, 2.75) is 26.3 Å². The Bertz CT molecular complexity index is 765. The van der Waals surface area contributed by atoms with E-state index in [0.717, 1.165) is 11.3 Å². The molecule has 1 amide bonds. The van der Waals surface area contributed by atoms with E-state index < -0.39 is 17.8 Å². The van der Waals surface area contributed by atoms with Crippen LogP contribution in [0.15, 0.2) is 18.3 Å². The van der Waals surface area contributed by atoms with E-state index in [1.54, 1.807) is 6.07 Å². The molecular weight excluding hydrogens is 334 g/mol. The van der Waals surface area contributed by atoms with Gasteiger partial charge in [0, 0.05) is 11.1 Å². The van der Waals surface area contributed by atoms with E-state index in [-0.39, 0.29) is 18.7 Å². The van der Waals surface area contributed by atoms with Crippen molar-refractivity contribution in [2.75, 3.05) is 12.4 Å². The molecule has 0 fully saturated rings. The maximum atomic E-state index is 12.3. The van der Waals surface area contributed by atoms with Gasteiger partial charge in [-0.15, -0.1) is 11.3 Å². The van der Waals surface area contributed by atoms with Gasteiger partial charge >= 0.3 is 11.9 Å². The van der Waals surface area contributed by atoms with Crippen molar-refractivity contribution < 1.29 is 24.2 Å². The van der Waals surface area contributed by atoms with Crippen molar-refractivity contribution >= 4 is 34.2 Å². The molecule has 0 saturated carbocycles. The van der Waals surface area contributed by atoms with Gasteiger partial charge in [0.2, 0.25) is 0 Å². The van der Waals surface area contributed by atoms with Crippen molar-refractivity contribution in [1.29, 1.82) is 0 Å². The summed E-state index contributed by atoms with van der Waals surface area (Å²) in [4.78, 5) is 35.6. The molecule has 2 heterocycles. The summed E-state index contributed by atoms with van der Waals surface area (Å²) < 4.78 is 6.11. The second-order valence-corrected chi connectivity index (χ2v) is 6.00. The van der Waals surface area contributed by atoms with Gasteiger partial charge in [-0.05, 0) is 18.6 Å². The number of anilines is 1. The summed E-state index contributed by atoms with van der Waals surface area (Å²) in [6.07, 6.45) is 2.18. The highest BCUT2D eigenvalue weighted by Crippen LogP contribution is 2.29. The number of aromatic nitrogens is 2. The number of ether oxygens (including phenoxy) is 1. The zero-order valence-electron chi connectivity index (χ0n) is 13.2. The lowest BCUT2D eigenvalue weighted by Crippen LogP contribution is -2.15. The van der Waals surface area contributed by atoms with Crippen molar-refractivity contribution in [1.82, 2.24) is 9.78 Å². The van der Waals surface area contributed by atoms with Gasteiger partial charge in [-0.1, -0.05) is 6.92 Å². The van der Waals surface area contributed by atoms with Crippen LogP contribution in [-0.2, 0) is 22.5 Å². The summed E-state index contributed by atoms with van der Waals surface area (Å²) in [5.41, 5.74) is 0.445. The first-order chi connectivity index (χ1) is 11.4. The predicted molar refractivity (Wildman–Crippen MR) is 87.5 cm³/mol. The van der Waals surface area contributed by atoms with E-state index >= 15 is 0 Å². The second-order valence-electron chi connectivity index (χ2n) is 4.86. The van der Waals surface area contributed by atoms with Crippen LogP contribution in [0.25, 0.3) is 0 Å². The first-order valence-corrected chi connectivity index (χ1v) is 8.03. The summed E-state index contributed by atoms with van der Waals surface area (Å²) in [5, 5.41) is 15.8. The molecule has 0 aromatic carbocycles. The van der Waals surface area contributed by atoms with Crippen LogP contribution >= 0.6 is 11.3 Å². The number of carbonyl (C=O) groups is 3. The Morgan fingerprint density at radius 1 is 1.42 bits per heavy atom. The minimum Gasteiger partial charge on any atom is -0.481 e. The number of carboxylic acids is 1. The lowest BCUT2D eigenvalue weighted by atomic mass is 10.2. The smallest absolute Gasteiger partial charge is 0.340 e. The molecule has 128 valence electrons. The lowest BCUT2D eigenvalue weighted by Gasteiger charge is -2.03. The Hall–Kier alpha value is -2.68. The fourth-order valence-electron chi connectivity index (χ4n) is 1.96. The van der Waals surface area contributed by atoms with Gasteiger partial charge in [-0.25, -0.2) is 4.79 Å². The molecule has 24 heavy (non-hydrogen) atoms. The number of esters is 1. The molecule has 0 aliphatic rings.